The number of hydrogen-bond acceptors (Lipinski definition) is 5. The van der Waals surface area contributed by atoms with Crippen LogP contribution in [0.25, 0.3) is 11.5 Å². The highest BCUT2D eigenvalue weighted by Gasteiger charge is 2.08. The second-order valence-electron chi connectivity index (χ2n) is 4.41. The van der Waals surface area contributed by atoms with Gasteiger partial charge in [0.2, 0.25) is 11.8 Å². The summed E-state index contributed by atoms with van der Waals surface area (Å²) in [6.45, 7) is 0.408. The molecule has 0 atom stereocenters. The smallest absolute Gasteiger partial charge is 0.247 e. The summed E-state index contributed by atoms with van der Waals surface area (Å²) in [5.41, 5.74) is 1.68. The molecule has 22 heavy (non-hydrogen) atoms. The Balaban J connectivity index is 0.00000176. The van der Waals surface area contributed by atoms with Gasteiger partial charge in [-0.05, 0) is 48.5 Å². The predicted octanol–water partition coefficient (Wildman–Crippen LogP) is 4.13. The van der Waals surface area contributed by atoms with Crippen molar-refractivity contribution in [1.82, 2.24) is 10.2 Å². The lowest BCUT2D eigenvalue weighted by Gasteiger charge is -2.02. The Morgan fingerprint density at radius 2 is 1.68 bits per heavy atom. The van der Waals surface area contributed by atoms with Crippen LogP contribution in [0.2, 0.25) is 5.02 Å². The highest BCUT2D eigenvalue weighted by molar-refractivity contribution is 6.30. The second kappa shape index (κ2) is 7.15. The standard InChI is InChI=1S/C15H12ClN3O2.ClH/c16-11-3-1-10(2-4-11)15-19-18-14(21-15)9-17-12-5-7-13(20)8-6-12;/h1-8,17,20H,9H2;1H. The van der Waals surface area contributed by atoms with Gasteiger partial charge in [0.25, 0.3) is 0 Å². The van der Waals surface area contributed by atoms with Gasteiger partial charge >= 0.3 is 0 Å². The van der Waals surface area contributed by atoms with Crippen LogP contribution < -0.4 is 5.32 Å². The maximum atomic E-state index is 9.21. The van der Waals surface area contributed by atoms with E-state index in [9.17, 15) is 5.11 Å². The van der Waals surface area contributed by atoms with Crippen molar-refractivity contribution in [3.63, 3.8) is 0 Å². The Hall–Kier alpha value is -2.24. The first-order valence-electron chi connectivity index (χ1n) is 6.32. The van der Waals surface area contributed by atoms with Crippen LogP contribution >= 0.6 is 24.0 Å². The number of benzene rings is 2. The number of aromatic hydroxyl groups is 1. The summed E-state index contributed by atoms with van der Waals surface area (Å²) in [4.78, 5) is 0. The minimum atomic E-state index is 0. The Bertz CT molecular complexity index is 727. The molecular weight excluding hydrogens is 325 g/mol. The molecule has 0 aliphatic heterocycles. The lowest BCUT2D eigenvalue weighted by Crippen LogP contribution is -1.99. The van der Waals surface area contributed by atoms with Crippen molar-refractivity contribution in [2.24, 2.45) is 0 Å². The van der Waals surface area contributed by atoms with Crippen molar-refractivity contribution in [3.05, 3.63) is 59.4 Å². The molecule has 3 aromatic rings. The molecule has 0 saturated heterocycles. The highest BCUT2D eigenvalue weighted by atomic mass is 35.5. The second-order valence-corrected chi connectivity index (χ2v) is 4.84. The summed E-state index contributed by atoms with van der Waals surface area (Å²) in [7, 11) is 0. The van der Waals surface area contributed by atoms with E-state index in [2.05, 4.69) is 15.5 Å². The molecule has 0 spiro atoms. The summed E-state index contributed by atoms with van der Waals surface area (Å²) < 4.78 is 5.58. The summed E-state index contributed by atoms with van der Waals surface area (Å²) in [5.74, 6) is 1.16. The quantitative estimate of drug-likeness (QED) is 0.700. The molecule has 2 aromatic carbocycles. The minimum absolute atomic E-state index is 0. The topological polar surface area (TPSA) is 71.2 Å². The van der Waals surface area contributed by atoms with Crippen molar-refractivity contribution in [1.29, 1.82) is 0 Å². The van der Waals surface area contributed by atoms with Crippen LogP contribution in [-0.2, 0) is 6.54 Å². The maximum Gasteiger partial charge on any atom is 0.247 e. The van der Waals surface area contributed by atoms with Crippen molar-refractivity contribution >= 4 is 29.7 Å². The van der Waals surface area contributed by atoms with Gasteiger partial charge in [-0.1, -0.05) is 11.6 Å². The Labute approximate surface area is 138 Å². The first-order valence-corrected chi connectivity index (χ1v) is 6.70. The van der Waals surface area contributed by atoms with E-state index in [1.165, 1.54) is 0 Å². The molecular formula is C15H13Cl2N3O2. The fourth-order valence-corrected chi connectivity index (χ4v) is 1.92. The molecule has 2 N–H and O–H groups in total. The molecule has 5 nitrogen and oxygen atoms in total. The van der Waals surface area contributed by atoms with E-state index in [0.717, 1.165) is 11.3 Å². The van der Waals surface area contributed by atoms with Gasteiger partial charge in [-0.15, -0.1) is 22.6 Å². The van der Waals surface area contributed by atoms with E-state index < -0.39 is 0 Å². The monoisotopic (exact) mass is 337 g/mol. The molecule has 3 rings (SSSR count). The number of nitrogens with one attached hydrogen (secondary N) is 1. The molecule has 0 amide bonds. The van der Waals surface area contributed by atoms with E-state index in [1.807, 2.05) is 12.1 Å². The van der Waals surface area contributed by atoms with Crippen LogP contribution in [0.5, 0.6) is 5.75 Å². The van der Waals surface area contributed by atoms with E-state index >= 15 is 0 Å². The Morgan fingerprint density at radius 3 is 2.36 bits per heavy atom. The molecule has 0 aliphatic rings. The van der Waals surface area contributed by atoms with Crippen LogP contribution in [-0.4, -0.2) is 15.3 Å². The Kier molecular flexibility index (Phi) is 5.25. The average molecular weight is 338 g/mol. The maximum absolute atomic E-state index is 9.21. The van der Waals surface area contributed by atoms with Gasteiger partial charge < -0.3 is 14.8 Å². The first kappa shape index (κ1) is 16.1. The molecule has 0 unspecified atom stereocenters. The molecule has 0 saturated carbocycles. The van der Waals surface area contributed by atoms with Crippen molar-refractivity contribution in [2.75, 3.05) is 5.32 Å². The number of anilines is 1. The lowest BCUT2D eigenvalue weighted by atomic mass is 10.2. The van der Waals surface area contributed by atoms with Gasteiger partial charge in [0, 0.05) is 16.3 Å². The summed E-state index contributed by atoms with van der Waals surface area (Å²) in [5, 5.41) is 21.0. The molecule has 0 bridgehead atoms. The summed E-state index contributed by atoms with van der Waals surface area (Å²) >= 11 is 5.84. The molecule has 0 fully saturated rings. The van der Waals surface area contributed by atoms with Gasteiger partial charge in [-0.25, -0.2) is 0 Å². The molecule has 1 aromatic heterocycles. The number of aromatic nitrogens is 2. The van der Waals surface area contributed by atoms with Crippen LogP contribution in [0.15, 0.2) is 52.9 Å². The summed E-state index contributed by atoms with van der Waals surface area (Å²) in [6.07, 6.45) is 0. The zero-order valence-corrected chi connectivity index (χ0v) is 12.9. The van der Waals surface area contributed by atoms with Gasteiger partial charge in [0.15, 0.2) is 0 Å². The molecule has 0 aliphatic carbocycles. The molecule has 7 heteroatoms. The third-order valence-electron chi connectivity index (χ3n) is 2.87. The van der Waals surface area contributed by atoms with Crippen LogP contribution in [0.4, 0.5) is 5.69 Å². The number of nitrogens with zero attached hydrogens (tertiary/aromatic N) is 2. The van der Waals surface area contributed by atoms with Gasteiger partial charge in [0.1, 0.15) is 5.75 Å². The zero-order chi connectivity index (χ0) is 14.7. The number of hydrogen-bond donors (Lipinski definition) is 2. The molecule has 114 valence electrons. The average Bonchev–Trinajstić information content (AvgIpc) is 2.96. The van der Waals surface area contributed by atoms with Crippen molar-refractivity contribution in [3.8, 4) is 17.2 Å². The number of phenols is 1. The third kappa shape index (κ3) is 3.90. The van der Waals surface area contributed by atoms with Crippen molar-refractivity contribution < 1.29 is 9.52 Å². The third-order valence-corrected chi connectivity index (χ3v) is 3.12. The van der Waals surface area contributed by atoms with E-state index in [-0.39, 0.29) is 18.2 Å². The van der Waals surface area contributed by atoms with E-state index in [4.69, 9.17) is 16.0 Å². The first-order chi connectivity index (χ1) is 10.2. The number of halogens is 2. The SMILES string of the molecule is Cl.Oc1ccc(NCc2nnc(-c3ccc(Cl)cc3)o2)cc1. The molecule has 0 radical (unpaired) electrons. The van der Waals surface area contributed by atoms with Crippen LogP contribution in [0.3, 0.4) is 0 Å². The largest absolute Gasteiger partial charge is 0.508 e. The highest BCUT2D eigenvalue weighted by Crippen LogP contribution is 2.21. The Morgan fingerprint density at radius 1 is 1.00 bits per heavy atom. The summed E-state index contributed by atoms with van der Waals surface area (Å²) in [6, 6.07) is 14.0. The minimum Gasteiger partial charge on any atom is -0.508 e. The van der Waals surface area contributed by atoms with Crippen LogP contribution in [0, 0.1) is 0 Å². The number of rotatable bonds is 4. The fraction of sp³-hybridized carbons (Fsp3) is 0.0667. The zero-order valence-electron chi connectivity index (χ0n) is 11.4. The lowest BCUT2D eigenvalue weighted by molar-refractivity contribution is 0.475. The predicted molar refractivity (Wildman–Crippen MR) is 87.4 cm³/mol. The van der Waals surface area contributed by atoms with Crippen LogP contribution in [0.1, 0.15) is 5.89 Å². The van der Waals surface area contributed by atoms with E-state index in [1.54, 1.807) is 36.4 Å². The normalized spacial score (nSPS) is 10.0. The molecule has 1 heterocycles. The fourth-order valence-electron chi connectivity index (χ4n) is 1.79. The van der Waals surface area contributed by atoms with E-state index in [0.29, 0.717) is 23.3 Å². The van der Waals surface area contributed by atoms with Gasteiger partial charge in [-0.2, -0.15) is 0 Å². The van der Waals surface area contributed by atoms with Gasteiger partial charge in [0.05, 0.1) is 6.54 Å². The van der Waals surface area contributed by atoms with Crippen molar-refractivity contribution in [2.45, 2.75) is 6.54 Å². The number of phenolic OH excluding ortho intramolecular Hbond substituents is 1. The van der Waals surface area contributed by atoms with Gasteiger partial charge in [-0.3, -0.25) is 0 Å².